The monoisotopic (exact) mass is 1200 g/mol. The number of carbonyl (C=O) groups is 2. The molecule has 10 nitrogen and oxygen atoms in total. The van der Waals surface area contributed by atoms with Crippen molar-refractivity contribution < 1.29 is 19.1 Å². The summed E-state index contributed by atoms with van der Waals surface area (Å²) in [5, 5.41) is 1.43. The first-order valence-electron chi connectivity index (χ1n) is 31.2. The van der Waals surface area contributed by atoms with Crippen molar-refractivity contribution in [2.24, 2.45) is 0 Å². The van der Waals surface area contributed by atoms with Gasteiger partial charge in [0.1, 0.15) is 13.2 Å². The first-order chi connectivity index (χ1) is 43.4. The number of rotatable bonds is 13. The number of fused-ring (bicyclic) bond motifs is 3. The van der Waals surface area contributed by atoms with Gasteiger partial charge in [0.15, 0.2) is 23.3 Å². The fraction of sp³-hybridized carbons (Fsp3) is 0.222. The molecule has 454 valence electrons. The van der Waals surface area contributed by atoms with Gasteiger partial charge in [-0.15, -0.1) is 0 Å². The molecule has 0 radical (unpaired) electrons. The summed E-state index contributed by atoms with van der Waals surface area (Å²) in [5.41, 5.74) is 15.1. The van der Waals surface area contributed by atoms with Crippen molar-refractivity contribution in [2.75, 3.05) is 0 Å². The van der Waals surface area contributed by atoms with Crippen LogP contribution in [-0.2, 0) is 44.3 Å². The van der Waals surface area contributed by atoms with Gasteiger partial charge in [-0.25, -0.2) is 34.5 Å². The number of nitrogens with zero attached hydrogens (tertiary/aromatic N) is 6. The van der Waals surface area contributed by atoms with Crippen LogP contribution in [0.3, 0.4) is 0 Å². The number of hydrogen-bond acceptors (Lipinski definition) is 9. The maximum Gasteiger partial charge on any atom is 0.338 e. The number of carbonyl (C=O) groups excluding carboxylic acids is 2. The zero-order chi connectivity index (χ0) is 64.0. The average Bonchev–Trinajstić information content (AvgIpc) is 1.64. The third-order valence-corrected chi connectivity index (χ3v) is 16.7. The fourth-order valence-electron chi connectivity index (χ4n) is 11.3. The van der Waals surface area contributed by atoms with Crippen molar-refractivity contribution in [3.63, 3.8) is 0 Å². The zero-order valence-corrected chi connectivity index (χ0v) is 54.0. The van der Waals surface area contributed by atoms with Crippen molar-refractivity contribution in [2.45, 2.75) is 118 Å². The molecule has 12 rings (SSSR count). The molecule has 0 aliphatic heterocycles. The second-order valence-corrected chi connectivity index (χ2v) is 27.8. The first kappa shape index (κ1) is 61.1. The summed E-state index contributed by atoms with van der Waals surface area (Å²) >= 11 is 0. The van der Waals surface area contributed by atoms with Gasteiger partial charge in [0, 0.05) is 44.2 Å². The average molecular weight is 1200 g/mol. The second-order valence-electron chi connectivity index (χ2n) is 27.8. The zero-order valence-electron chi connectivity index (χ0n) is 54.0. The SMILES string of the molecule is CC(C)(C)c1cc(-c2nc(-c3cc(C(C)(C)C)cc(C(C)(C)C)c3)nc(-c3ccc(-n4c5ccc(C(=O)OCc6ccccc6)cc5c5cc(C(=O)OCc6ccccc6)ccc54)c(-c4nc(-c5ccccc5)cc(-c5ccccc5)n4)c3)n2)cc(C(C)(C)C)c1. The lowest BCUT2D eigenvalue weighted by atomic mass is 9.79. The maximum absolute atomic E-state index is 14.1. The van der Waals surface area contributed by atoms with Crippen LogP contribution in [0, 0.1) is 0 Å². The molecular weight excluding hydrogens is 1120 g/mol. The topological polar surface area (TPSA) is 122 Å². The van der Waals surface area contributed by atoms with Crippen LogP contribution in [0.25, 0.3) is 95.6 Å². The van der Waals surface area contributed by atoms with Crippen LogP contribution in [0.1, 0.15) is 137 Å². The van der Waals surface area contributed by atoms with E-state index in [0.717, 1.165) is 61.5 Å². The van der Waals surface area contributed by atoms with E-state index in [-0.39, 0.29) is 34.9 Å². The Morgan fingerprint density at radius 1 is 0.341 bits per heavy atom. The molecule has 0 fully saturated rings. The molecule has 0 saturated carbocycles. The van der Waals surface area contributed by atoms with Crippen LogP contribution < -0.4 is 0 Å². The van der Waals surface area contributed by atoms with Gasteiger partial charge < -0.3 is 14.0 Å². The molecular formula is C81H76N6O4. The summed E-state index contributed by atoms with van der Waals surface area (Å²) in [7, 11) is 0. The third-order valence-electron chi connectivity index (χ3n) is 16.7. The van der Waals surface area contributed by atoms with Gasteiger partial charge in [-0.1, -0.05) is 217 Å². The van der Waals surface area contributed by atoms with E-state index < -0.39 is 11.9 Å². The molecule has 91 heavy (non-hydrogen) atoms. The van der Waals surface area contributed by atoms with Gasteiger partial charge in [-0.3, -0.25) is 0 Å². The smallest absolute Gasteiger partial charge is 0.338 e. The second kappa shape index (κ2) is 24.3. The molecule has 0 unspecified atom stereocenters. The predicted molar refractivity (Wildman–Crippen MR) is 368 cm³/mol. The molecule has 0 aliphatic rings. The first-order valence-corrected chi connectivity index (χ1v) is 31.2. The van der Waals surface area contributed by atoms with Crippen LogP contribution >= 0.6 is 0 Å². The van der Waals surface area contributed by atoms with E-state index in [2.05, 4.69) is 167 Å². The van der Waals surface area contributed by atoms with E-state index in [1.807, 2.05) is 127 Å². The standard InChI is InChI=1S/C81H76N6O4/c1-78(2,3)60-39-58(40-61(46-60)79(4,5)6)73-84-72(85-74(86-73)59-41-62(80(7,8)9)47-63(42-59)81(10,11)12)55-33-36-71(66(43-55)75-82-67(53-29-21-15-22-30-53)48-68(83-75)54-31-23-16-24-32-54)87-69-37-34-56(76(88)90-49-51-25-17-13-18-26-51)44-64(69)65-45-57(35-38-70(65)87)77(89)91-50-52-27-19-14-20-28-52/h13-48H,49-50H2,1-12H3. The van der Waals surface area contributed by atoms with E-state index in [1.54, 1.807) is 12.1 Å². The Bertz CT molecular complexity index is 4370. The molecule has 0 amide bonds. The molecule has 0 N–H and O–H groups in total. The molecule has 9 aromatic carbocycles. The van der Waals surface area contributed by atoms with Gasteiger partial charge in [-0.2, -0.15) is 0 Å². The van der Waals surface area contributed by atoms with Crippen molar-refractivity contribution in [1.29, 1.82) is 0 Å². The van der Waals surface area contributed by atoms with Crippen molar-refractivity contribution in [1.82, 2.24) is 29.5 Å². The van der Waals surface area contributed by atoms with Crippen LogP contribution in [0.4, 0.5) is 0 Å². The minimum absolute atomic E-state index is 0.103. The highest BCUT2D eigenvalue weighted by atomic mass is 16.5. The molecule has 0 atom stereocenters. The number of aromatic nitrogens is 6. The maximum atomic E-state index is 14.1. The van der Waals surface area contributed by atoms with Gasteiger partial charge in [0.05, 0.1) is 39.2 Å². The minimum atomic E-state index is -0.481. The van der Waals surface area contributed by atoms with Crippen LogP contribution in [0.15, 0.2) is 218 Å². The third kappa shape index (κ3) is 13.3. The lowest BCUT2D eigenvalue weighted by Gasteiger charge is -2.26. The Kier molecular flexibility index (Phi) is 16.3. The van der Waals surface area contributed by atoms with E-state index >= 15 is 0 Å². The van der Waals surface area contributed by atoms with E-state index in [1.165, 1.54) is 22.3 Å². The Balaban J connectivity index is 1.13. The Morgan fingerprint density at radius 2 is 0.703 bits per heavy atom. The number of ether oxygens (including phenoxy) is 2. The summed E-state index contributed by atoms with van der Waals surface area (Å²) < 4.78 is 14.0. The van der Waals surface area contributed by atoms with E-state index in [9.17, 15) is 9.59 Å². The van der Waals surface area contributed by atoms with Crippen LogP contribution in [0.5, 0.6) is 0 Å². The molecule has 0 bridgehead atoms. The van der Waals surface area contributed by atoms with Gasteiger partial charge >= 0.3 is 11.9 Å². The lowest BCUT2D eigenvalue weighted by molar-refractivity contribution is 0.0464. The van der Waals surface area contributed by atoms with Crippen LogP contribution in [0.2, 0.25) is 0 Å². The summed E-state index contributed by atoms with van der Waals surface area (Å²) in [6.07, 6.45) is 0. The van der Waals surface area contributed by atoms with Gasteiger partial charge in [-0.05, 0) is 140 Å². The highest BCUT2D eigenvalue weighted by Crippen LogP contribution is 2.42. The Labute approximate surface area is 534 Å². The van der Waals surface area contributed by atoms with Crippen LogP contribution in [-0.4, -0.2) is 41.4 Å². The Hall–Kier alpha value is -10.2. The molecule has 3 heterocycles. The molecule has 10 heteroatoms. The largest absolute Gasteiger partial charge is 0.457 e. The van der Waals surface area contributed by atoms with E-state index in [0.29, 0.717) is 56.3 Å². The summed E-state index contributed by atoms with van der Waals surface area (Å²) in [4.78, 5) is 55.7. The highest BCUT2D eigenvalue weighted by Gasteiger charge is 2.28. The number of hydrogen-bond donors (Lipinski definition) is 0. The summed E-state index contributed by atoms with van der Waals surface area (Å²) in [6, 6.07) is 72.5. The molecule has 3 aromatic heterocycles. The Morgan fingerprint density at radius 3 is 1.08 bits per heavy atom. The molecule has 12 aromatic rings. The molecule has 0 aliphatic carbocycles. The van der Waals surface area contributed by atoms with Gasteiger partial charge in [0.2, 0.25) is 0 Å². The lowest BCUT2D eigenvalue weighted by Crippen LogP contribution is -2.17. The predicted octanol–water partition coefficient (Wildman–Crippen LogP) is 19.7. The van der Waals surface area contributed by atoms with Crippen molar-refractivity contribution >= 4 is 33.7 Å². The van der Waals surface area contributed by atoms with Crippen molar-refractivity contribution in [3.8, 4) is 73.8 Å². The molecule has 0 spiro atoms. The number of esters is 2. The fourth-order valence-corrected chi connectivity index (χ4v) is 11.3. The minimum Gasteiger partial charge on any atom is -0.457 e. The quantitative estimate of drug-likeness (QED) is 0.104. The van der Waals surface area contributed by atoms with E-state index in [4.69, 9.17) is 34.4 Å². The molecule has 0 saturated heterocycles. The number of benzene rings is 9. The van der Waals surface area contributed by atoms with Gasteiger partial charge in [0.25, 0.3) is 0 Å². The normalized spacial score (nSPS) is 12.1. The summed E-state index contributed by atoms with van der Waals surface area (Å²) in [5.74, 6) is 1.05. The summed E-state index contributed by atoms with van der Waals surface area (Å²) in [6.45, 7) is 27.1. The van der Waals surface area contributed by atoms with Crippen molar-refractivity contribution in [3.05, 3.63) is 263 Å². The highest BCUT2D eigenvalue weighted by molar-refractivity contribution is 6.13.